The minimum atomic E-state index is 0.450. The van der Waals surface area contributed by atoms with Crippen molar-refractivity contribution >= 4 is 5.69 Å². The van der Waals surface area contributed by atoms with Gasteiger partial charge in [-0.2, -0.15) is 0 Å². The molecule has 0 radical (unpaired) electrons. The molecule has 1 aromatic rings. The van der Waals surface area contributed by atoms with E-state index in [1.807, 2.05) is 24.3 Å². The van der Waals surface area contributed by atoms with Crippen LogP contribution in [0.2, 0.25) is 0 Å². The van der Waals surface area contributed by atoms with E-state index in [1.165, 1.54) is 77.0 Å². The number of para-hydroxylation sites is 2. The maximum atomic E-state index is 5.82. The van der Waals surface area contributed by atoms with E-state index in [2.05, 4.69) is 6.92 Å². The molecule has 0 saturated carbocycles. The Balaban J connectivity index is 1.63. The van der Waals surface area contributed by atoms with E-state index in [0.717, 1.165) is 13.0 Å². The molecule has 9 nitrogen and oxygen atoms in total. The third-order valence-corrected chi connectivity index (χ3v) is 7.03. The zero-order valence-corrected chi connectivity index (χ0v) is 28.0. The van der Waals surface area contributed by atoms with Crippen LogP contribution in [-0.4, -0.2) is 99.1 Å². The second kappa shape index (κ2) is 34.4. The summed E-state index contributed by atoms with van der Waals surface area (Å²) in [5.41, 5.74) is 6.45. The molecule has 0 aliphatic carbocycles. The number of ether oxygens (including phenoxy) is 8. The summed E-state index contributed by atoms with van der Waals surface area (Å²) in [6, 6.07) is 7.41. The number of benzene rings is 1. The molecule has 0 fully saturated rings. The molecule has 0 spiro atoms. The molecule has 0 aromatic heterocycles. The number of hydrogen-bond acceptors (Lipinski definition) is 9. The van der Waals surface area contributed by atoms with Crippen molar-refractivity contribution in [2.45, 2.75) is 90.4 Å². The van der Waals surface area contributed by atoms with Crippen molar-refractivity contribution in [3.05, 3.63) is 24.3 Å². The first-order chi connectivity index (χ1) is 21.8. The molecule has 0 aliphatic rings. The maximum absolute atomic E-state index is 5.82. The molecule has 44 heavy (non-hydrogen) atoms. The number of rotatable bonds is 36. The van der Waals surface area contributed by atoms with Crippen molar-refractivity contribution in [1.82, 2.24) is 0 Å². The molecule has 1 aromatic carbocycles. The van der Waals surface area contributed by atoms with Crippen LogP contribution in [0.15, 0.2) is 24.3 Å². The number of hydrogen-bond donors (Lipinski definition) is 1. The van der Waals surface area contributed by atoms with Crippen LogP contribution < -0.4 is 10.5 Å². The van der Waals surface area contributed by atoms with Gasteiger partial charge < -0.3 is 43.6 Å². The van der Waals surface area contributed by atoms with E-state index < -0.39 is 0 Å². The Bertz CT molecular complexity index is 696. The summed E-state index contributed by atoms with van der Waals surface area (Å²) in [6.45, 7) is 10.7. The van der Waals surface area contributed by atoms with Crippen LogP contribution in [0.25, 0.3) is 0 Å². The zero-order chi connectivity index (χ0) is 31.4. The highest BCUT2D eigenvalue weighted by Gasteiger charge is 1.99. The molecule has 0 aliphatic heterocycles. The zero-order valence-electron chi connectivity index (χ0n) is 28.0. The highest BCUT2D eigenvalue weighted by Crippen LogP contribution is 2.19. The van der Waals surface area contributed by atoms with E-state index in [1.54, 1.807) is 0 Å². The highest BCUT2D eigenvalue weighted by atomic mass is 16.6. The molecule has 0 saturated heterocycles. The smallest absolute Gasteiger partial charge is 0.142 e. The lowest BCUT2D eigenvalue weighted by atomic mass is 10.0. The monoisotopic (exact) mass is 627 g/mol. The second-order valence-corrected chi connectivity index (χ2v) is 10.9. The summed E-state index contributed by atoms with van der Waals surface area (Å²) < 4.78 is 44.3. The highest BCUT2D eigenvalue weighted by molar-refractivity contribution is 5.51. The van der Waals surface area contributed by atoms with Gasteiger partial charge in [0.15, 0.2) is 0 Å². The maximum Gasteiger partial charge on any atom is 0.142 e. The third-order valence-electron chi connectivity index (χ3n) is 7.03. The molecular weight excluding hydrogens is 562 g/mol. The Hall–Kier alpha value is -1.46. The van der Waals surface area contributed by atoms with E-state index in [0.29, 0.717) is 104 Å². The molecule has 258 valence electrons. The number of anilines is 1. The lowest BCUT2D eigenvalue weighted by Crippen LogP contribution is -2.15. The molecule has 0 atom stereocenters. The van der Waals surface area contributed by atoms with Crippen LogP contribution in [0.5, 0.6) is 5.75 Å². The molecule has 0 unspecified atom stereocenters. The van der Waals surface area contributed by atoms with Crippen molar-refractivity contribution in [3.63, 3.8) is 0 Å². The van der Waals surface area contributed by atoms with Gasteiger partial charge in [-0.3, -0.25) is 0 Å². The van der Waals surface area contributed by atoms with Crippen molar-refractivity contribution in [2.75, 3.05) is 105 Å². The molecule has 9 heteroatoms. The van der Waals surface area contributed by atoms with Crippen molar-refractivity contribution in [2.24, 2.45) is 0 Å². The molecule has 0 bridgehead atoms. The van der Waals surface area contributed by atoms with Crippen molar-refractivity contribution in [1.29, 1.82) is 0 Å². The molecule has 0 heterocycles. The van der Waals surface area contributed by atoms with E-state index in [9.17, 15) is 0 Å². The minimum absolute atomic E-state index is 0.450. The predicted molar refractivity (Wildman–Crippen MR) is 178 cm³/mol. The Labute approximate surface area is 268 Å². The van der Waals surface area contributed by atoms with Crippen LogP contribution in [0, 0.1) is 0 Å². The molecule has 1 rings (SSSR count). The topological polar surface area (TPSA) is 99.9 Å². The van der Waals surface area contributed by atoms with Crippen LogP contribution in [0.4, 0.5) is 5.69 Å². The van der Waals surface area contributed by atoms with Gasteiger partial charge in [-0.15, -0.1) is 0 Å². The number of nitrogen functional groups attached to an aromatic ring is 1. The van der Waals surface area contributed by atoms with Gasteiger partial charge in [0.2, 0.25) is 0 Å². The lowest BCUT2D eigenvalue weighted by molar-refractivity contribution is -0.0212. The second-order valence-electron chi connectivity index (χ2n) is 10.9. The molecule has 2 N–H and O–H groups in total. The van der Waals surface area contributed by atoms with E-state index in [4.69, 9.17) is 43.6 Å². The number of unbranched alkanes of at least 4 members (excludes halogenated alkanes) is 12. The van der Waals surface area contributed by atoms with E-state index in [-0.39, 0.29) is 0 Å². The molecule has 0 amide bonds. The summed E-state index contributed by atoms with van der Waals surface area (Å²) in [7, 11) is 0. The fourth-order valence-corrected chi connectivity index (χ4v) is 4.47. The van der Waals surface area contributed by atoms with Crippen LogP contribution >= 0.6 is 0 Å². The van der Waals surface area contributed by atoms with Crippen LogP contribution in [-0.2, 0) is 33.2 Å². The van der Waals surface area contributed by atoms with E-state index >= 15 is 0 Å². The minimum Gasteiger partial charge on any atom is -0.489 e. The Morgan fingerprint density at radius 3 is 1.09 bits per heavy atom. The fraction of sp³-hybridized carbons (Fsp3) is 0.829. The quantitative estimate of drug-likeness (QED) is 0.0632. The van der Waals surface area contributed by atoms with Crippen molar-refractivity contribution in [3.8, 4) is 5.75 Å². The first-order valence-electron chi connectivity index (χ1n) is 17.4. The summed E-state index contributed by atoms with van der Waals surface area (Å²) in [5, 5.41) is 0. The van der Waals surface area contributed by atoms with Gasteiger partial charge >= 0.3 is 0 Å². The number of nitrogens with two attached hydrogens (primary N) is 1. The first-order valence-corrected chi connectivity index (χ1v) is 17.4. The summed E-state index contributed by atoms with van der Waals surface area (Å²) in [4.78, 5) is 0. The Morgan fingerprint density at radius 1 is 0.386 bits per heavy atom. The summed E-state index contributed by atoms with van der Waals surface area (Å²) in [6.07, 6.45) is 17.8. The third kappa shape index (κ3) is 29.3. The Morgan fingerprint density at radius 2 is 0.705 bits per heavy atom. The predicted octanol–water partition coefficient (Wildman–Crippen LogP) is 6.86. The van der Waals surface area contributed by atoms with Gasteiger partial charge in [0.25, 0.3) is 0 Å². The summed E-state index contributed by atoms with van der Waals surface area (Å²) >= 11 is 0. The molecular formula is C35H65NO8. The standard InChI is InChI=1S/C35H65NO8/c1-2-3-4-5-6-7-8-9-10-11-12-13-16-19-37-20-21-38-22-23-39-24-25-40-26-27-41-28-29-42-30-31-43-32-33-44-35-18-15-14-17-34(35)36/h14-15,17-18H,2-13,16,19-33,36H2,1H3. The van der Waals surface area contributed by atoms with Crippen molar-refractivity contribution < 1.29 is 37.9 Å². The first kappa shape index (κ1) is 40.6. The van der Waals surface area contributed by atoms with Gasteiger partial charge in [-0.25, -0.2) is 0 Å². The van der Waals surface area contributed by atoms with Gasteiger partial charge in [0.1, 0.15) is 12.4 Å². The normalized spacial score (nSPS) is 11.4. The fourth-order valence-electron chi connectivity index (χ4n) is 4.47. The Kier molecular flexibility index (Phi) is 31.7. The van der Waals surface area contributed by atoms with Gasteiger partial charge in [0, 0.05) is 6.61 Å². The SMILES string of the molecule is CCCCCCCCCCCCCCCOCCOCCOCCOCCOCCOCCOCCOc1ccccc1N. The largest absolute Gasteiger partial charge is 0.489 e. The lowest BCUT2D eigenvalue weighted by Gasteiger charge is -2.09. The van der Waals surface area contributed by atoms with Crippen LogP contribution in [0.1, 0.15) is 90.4 Å². The summed E-state index contributed by atoms with van der Waals surface area (Å²) in [5.74, 6) is 0.678. The van der Waals surface area contributed by atoms with Gasteiger partial charge in [-0.05, 0) is 18.6 Å². The average molecular weight is 628 g/mol. The average Bonchev–Trinajstić information content (AvgIpc) is 3.03. The van der Waals surface area contributed by atoms with Crippen LogP contribution in [0.3, 0.4) is 0 Å². The van der Waals surface area contributed by atoms with Gasteiger partial charge in [0.05, 0.1) is 91.6 Å². The van der Waals surface area contributed by atoms with Gasteiger partial charge in [-0.1, -0.05) is 96.1 Å².